The second-order valence-corrected chi connectivity index (χ2v) is 6.29. The molecule has 4 nitrogen and oxygen atoms in total. The molecule has 0 radical (unpaired) electrons. The summed E-state index contributed by atoms with van der Waals surface area (Å²) in [4.78, 5) is 26.3. The molecule has 2 rings (SSSR count). The van der Waals surface area contributed by atoms with Crippen LogP contribution in [0.1, 0.15) is 37.5 Å². The van der Waals surface area contributed by atoms with Crippen molar-refractivity contribution >= 4 is 11.8 Å². The van der Waals surface area contributed by atoms with E-state index in [2.05, 4.69) is 31.3 Å². The van der Waals surface area contributed by atoms with Crippen molar-refractivity contribution in [2.45, 2.75) is 53.2 Å². The molecule has 21 heavy (non-hydrogen) atoms. The standard InChI is InChI=1S/C17H24N2O2/c1-10(2)15-17(21)19(13(5)16(20)18-15)9-14-7-6-11(3)12(4)8-14/h6-8,10,13,15H,9H2,1-5H3,(H,18,20). The average molecular weight is 288 g/mol. The van der Waals surface area contributed by atoms with Gasteiger partial charge in [-0.05, 0) is 43.4 Å². The minimum atomic E-state index is -0.422. The first kappa shape index (κ1) is 15.5. The maximum Gasteiger partial charge on any atom is 0.246 e. The number of hydrogen-bond donors (Lipinski definition) is 1. The first-order chi connectivity index (χ1) is 9.81. The van der Waals surface area contributed by atoms with Crippen molar-refractivity contribution in [2.75, 3.05) is 0 Å². The number of carbonyl (C=O) groups excluding carboxylic acids is 2. The van der Waals surface area contributed by atoms with Crippen molar-refractivity contribution < 1.29 is 9.59 Å². The van der Waals surface area contributed by atoms with Crippen LogP contribution in [0.5, 0.6) is 0 Å². The van der Waals surface area contributed by atoms with E-state index in [0.29, 0.717) is 6.54 Å². The number of benzene rings is 1. The molecule has 1 heterocycles. The van der Waals surface area contributed by atoms with Crippen LogP contribution in [0, 0.1) is 19.8 Å². The highest BCUT2D eigenvalue weighted by atomic mass is 16.2. The fraction of sp³-hybridized carbons (Fsp3) is 0.529. The molecule has 1 aromatic carbocycles. The average Bonchev–Trinajstić information content (AvgIpc) is 2.42. The van der Waals surface area contributed by atoms with Crippen LogP contribution in [0.3, 0.4) is 0 Å². The minimum Gasteiger partial charge on any atom is -0.342 e. The molecule has 0 aliphatic carbocycles. The lowest BCUT2D eigenvalue weighted by atomic mass is 9.97. The van der Waals surface area contributed by atoms with Gasteiger partial charge in [-0.15, -0.1) is 0 Å². The molecule has 0 bridgehead atoms. The summed E-state index contributed by atoms with van der Waals surface area (Å²) in [5.74, 6) is 0.0312. The molecular formula is C17H24N2O2. The van der Waals surface area contributed by atoms with E-state index in [-0.39, 0.29) is 17.7 Å². The predicted molar refractivity (Wildman–Crippen MR) is 82.7 cm³/mol. The first-order valence-corrected chi connectivity index (χ1v) is 7.48. The Morgan fingerprint density at radius 1 is 1.19 bits per heavy atom. The molecule has 1 aliphatic rings. The smallest absolute Gasteiger partial charge is 0.246 e. The Kier molecular flexibility index (Phi) is 4.35. The van der Waals surface area contributed by atoms with Gasteiger partial charge in [0.05, 0.1) is 0 Å². The van der Waals surface area contributed by atoms with Crippen LogP contribution in [0.25, 0.3) is 0 Å². The molecule has 1 aromatic rings. The van der Waals surface area contributed by atoms with Crippen LogP contribution < -0.4 is 5.32 Å². The maximum atomic E-state index is 12.6. The zero-order chi connectivity index (χ0) is 15.7. The number of hydrogen-bond acceptors (Lipinski definition) is 2. The summed E-state index contributed by atoms with van der Waals surface area (Å²) in [6.45, 7) is 10.3. The molecule has 2 amide bonds. The monoisotopic (exact) mass is 288 g/mol. The largest absolute Gasteiger partial charge is 0.342 e. The van der Waals surface area contributed by atoms with Gasteiger partial charge in [-0.2, -0.15) is 0 Å². The highest BCUT2D eigenvalue weighted by molar-refractivity contribution is 5.96. The molecular weight excluding hydrogens is 264 g/mol. The lowest BCUT2D eigenvalue weighted by molar-refractivity contribution is -0.150. The lowest BCUT2D eigenvalue weighted by Gasteiger charge is -2.39. The van der Waals surface area contributed by atoms with Crippen LogP contribution >= 0.6 is 0 Å². The molecule has 1 fully saturated rings. The number of amides is 2. The van der Waals surface area contributed by atoms with Crippen LogP contribution in [-0.4, -0.2) is 28.8 Å². The number of rotatable bonds is 3. The van der Waals surface area contributed by atoms with Gasteiger partial charge in [0.1, 0.15) is 12.1 Å². The van der Waals surface area contributed by atoms with Crippen LogP contribution in [0.4, 0.5) is 0 Å². The summed E-state index contributed by atoms with van der Waals surface area (Å²) in [5, 5.41) is 2.82. The quantitative estimate of drug-likeness (QED) is 0.926. The van der Waals surface area contributed by atoms with Crippen molar-refractivity contribution in [1.82, 2.24) is 10.2 Å². The number of aryl methyl sites for hydroxylation is 2. The van der Waals surface area contributed by atoms with Gasteiger partial charge in [0, 0.05) is 6.54 Å². The first-order valence-electron chi connectivity index (χ1n) is 7.48. The molecule has 4 heteroatoms. The van der Waals surface area contributed by atoms with E-state index in [4.69, 9.17) is 0 Å². The molecule has 2 unspecified atom stereocenters. The fourth-order valence-electron chi connectivity index (χ4n) is 2.61. The zero-order valence-electron chi connectivity index (χ0n) is 13.4. The van der Waals surface area contributed by atoms with Gasteiger partial charge in [0.15, 0.2) is 0 Å². The molecule has 1 N–H and O–H groups in total. The van der Waals surface area contributed by atoms with Crippen LogP contribution in [0.15, 0.2) is 18.2 Å². The Morgan fingerprint density at radius 2 is 1.86 bits per heavy atom. The Morgan fingerprint density at radius 3 is 2.43 bits per heavy atom. The summed E-state index contributed by atoms with van der Waals surface area (Å²) >= 11 is 0. The molecule has 2 atom stereocenters. The predicted octanol–water partition coefficient (Wildman–Crippen LogP) is 2.17. The Bertz CT molecular complexity index is 566. The van der Waals surface area contributed by atoms with E-state index >= 15 is 0 Å². The summed E-state index contributed by atoms with van der Waals surface area (Å²) in [7, 11) is 0. The number of piperazine rings is 1. The molecule has 0 aromatic heterocycles. The van der Waals surface area contributed by atoms with E-state index in [1.165, 1.54) is 11.1 Å². The molecule has 1 aliphatic heterocycles. The second-order valence-electron chi connectivity index (χ2n) is 6.29. The topological polar surface area (TPSA) is 49.4 Å². The summed E-state index contributed by atoms with van der Waals surface area (Å²) in [6.07, 6.45) is 0. The molecule has 1 saturated heterocycles. The molecule has 0 saturated carbocycles. The van der Waals surface area contributed by atoms with E-state index in [1.807, 2.05) is 19.9 Å². The van der Waals surface area contributed by atoms with Crippen molar-refractivity contribution in [3.05, 3.63) is 34.9 Å². The third kappa shape index (κ3) is 3.09. The van der Waals surface area contributed by atoms with E-state index in [9.17, 15) is 9.59 Å². The lowest BCUT2D eigenvalue weighted by Crippen LogP contribution is -2.63. The normalized spacial score (nSPS) is 22.7. The Hall–Kier alpha value is -1.84. The van der Waals surface area contributed by atoms with Gasteiger partial charge in [0.2, 0.25) is 11.8 Å². The van der Waals surface area contributed by atoms with Crippen molar-refractivity contribution in [3.63, 3.8) is 0 Å². The Balaban J connectivity index is 2.24. The second kappa shape index (κ2) is 5.88. The highest BCUT2D eigenvalue weighted by Gasteiger charge is 2.39. The maximum absolute atomic E-state index is 12.6. The minimum absolute atomic E-state index is 0.00956. The van der Waals surface area contributed by atoms with Crippen LogP contribution in [0.2, 0.25) is 0 Å². The summed E-state index contributed by atoms with van der Waals surface area (Å²) in [5.41, 5.74) is 3.50. The summed E-state index contributed by atoms with van der Waals surface area (Å²) < 4.78 is 0. The van der Waals surface area contributed by atoms with Gasteiger partial charge >= 0.3 is 0 Å². The number of nitrogens with zero attached hydrogens (tertiary/aromatic N) is 1. The van der Waals surface area contributed by atoms with Gasteiger partial charge in [-0.25, -0.2) is 0 Å². The zero-order valence-corrected chi connectivity index (χ0v) is 13.4. The molecule has 0 spiro atoms. The highest BCUT2D eigenvalue weighted by Crippen LogP contribution is 2.19. The third-order valence-electron chi connectivity index (χ3n) is 4.28. The third-order valence-corrected chi connectivity index (χ3v) is 4.28. The van der Waals surface area contributed by atoms with E-state index in [0.717, 1.165) is 5.56 Å². The number of carbonyl (C=O) groups is 2. The van der Waals surface area contributed by atoms with Gasteiger partial charge in [0.25, 0.3) is 0 Å². The van der Waals surface area contributed by atoms with Gasteiger partial charge in [-0.1, -0.05) is 32.0 Å². The van der Waals surface area contributed by atoms with Crippen molar-refractivity contribution in [2.24, 2.45) is 5.92 Å². The van der Waals surface area contributed by atoms with E-state index in [1.54, 1.807) is 11.8 Å². The fourth-order valence-corrected chi connectivity index (χ4v) is 2.61. The van der Waals surface area contributed by atoms with E-state index < -0.39 is 12.1 Å². The SMILES string of the molecule is Cc1ccc(CN2C(=O)C(C(C)C)NC(=O)C2C)cc1C. The molecule has 114 valence electrons. The van der Waals surface area contributed by atoms with Gasteiger partial charge < -0.3 is 10.2 Å². The van der Waals surface area contributed by atoms with Gasteiger partial charge in [-0.3, -0.25) is 9.59 Å². The Labute approximate surface area is 126 Å². The number of nitrogens with one attached hydrogen (secondary N) is 1. The van der Waals surface area contributed by atoms with Crippen molar-refractivity contribution in [3.8, 4) is 0 Å². The summed E-state index contributed by atoms with van der Waals surface area (Å²) in [6, 6.07) is 5.34. The van der Waals surface area contributed by atoms with Crippen molar-refractivity contribution in [1.29, 1.82) is 0 Å². The van der Waals surface area contributed by atoms with Crippen LogP contribution in [-0.2, 0) is 16.1 Å².